The molecule has 74 valence electrons. The average molecular weight is 207 g/mol. The van der Waals surface area contributed by atoms with Crippen LogP contribution in [0.4, 0.5) is 0 Å². The first-order chi connectivity index (χ1) is 6.81. The van der Waals surface area contributed by atoms with E-state index in [2.05, 4.69) is 17.5 Å². The van der Waals surface area contributed by atoms with E-state index < -0.39 is 0 Å². The number of benzene rings is 1. The molecule has 1 atom stereocenters. The molecule has 2 nitrogen and oxygen atoms in total. The maximum atomic E-state index is 10.4. The molecule has 2 rings (SSSR count). The lowest BCUT2D eigenvalue weighted by molar-refractivity contribution is -0.108. The highest BCUT2D eigenvalue weighted by Crippen LogP contribution is 2.26. The van der Waals surface area contributed by atoms with Crippen LogP contribution in [0.15, 0.2) is 29.6 Å². The summed E-state index contributed by atoms with van der Waals surface area (Å²) in [4.78, 5) is 10.4. The van der Waals surface area contributed by atoms with Crippen molar-refractivity contribution < 1.29 is 6.22 Å². The van der Waals surface area contributed by atoms with Crippen LogP contribution in [0.5, 0.6) is 0 Å². The first kappa shape index (κ1) is 9.37. The van der Waals surface area contributed by atoms with Crippen molar-refractivity contribution in [2.75, 3.05) is 0 Å². The molecule has 0 fully saturated rings. The number of aldehydes is 1. The van der Waals surface area contributed by atoms with Gasteiger partial charge in [0.2, 0.25) is 0 Å². The third-order valence-electron chi connectivity index (χ3n) is 2.19. The third kappa shape index (κ3) is 1.69. The molecule has 0 radical (unpaired) electrons. The Bertz CT molecular complexity index is 455. The number of rotatable bonds is 3. The van der Waals surface area contributed by atoms with Crippen LogP contribution in [0.1, 0.15) is 6.99 Å². The second kappa shape index (κ2) is 3.90. The predicted octanol–water partition coefficient (Wildman–Crippen LogP) is 2.22. The van der Waals surface area contributed by atoms with E-state index in [1.54, 1.807) is 11.3 Å². The van der Waals surface area contributed by atoms with Gasteiger partial charge in [0.25, 0.3) is 0 Å². The highest BCUT2D eigenvalue weighted by Gasteiger charge is 2.07. The second-order valence-electron chi connectivity index (χ2n) is 3.26. The smallest absolute Gasteiger partial charge is 0.137 e. The lowest BCUT2D eigenvalue weighted by atomic mass is 10.1. The molecule has 0 spiro atoms. The Labute approximate surface area is 87.8 Å². The van der Waals surface area contributed by atoms with Gasteiger partial charge in [0, 0.05) is 6.13 Å². The van der Waals surface area contributed by atoms with E-state index in [0.717, 1.165) is 6.29 Å². The Morgan fingerprint density at radius 2 is 2.29 bits per heavy atom. The van der Waals surface area contributed by atoms with Gasteiger partial charge in [0.15, 0.2) is 0 Å². The summed E-state index contributed by atoms with van der Waals surface area (Å²) in [6, 6.07) is 7.79. The van der Waals surface area contributed by atoms with Gasteiger partial charge < -0.3 is 10.5 Å². The van der Waals surface area contributed by atoms with Gasteiger partial charge in [-0.25, -0.2) is 0 Å². The summed E-state index contributed by atoms with van der Waals surface area (Å²) < 4.78 is 1.25. The van der Waals surface area contributed by atoms with Crippen molar-refractivity contribution in [1.29, 1.82) is 0 Å². The van der Waals surface area contributed by atoms with E-state index in [4.69, 9.17) is 5.73 Å². The van der Waals surface area contributed by atoms with Crippen molar-refractivity contribution in [3.8, 4) is 0 Å². The number of nitrogens with two attached hydrogens (primary N) is 1. The Morgan fingerprint density at radius 3 is 3.07 bits per heavy atom. The molecule has 0 saturated carbocycles. The standard InChI is InChI=1S/C11H11NOS.H2/c12-9(6-13)5-8-7-14-11-4-2-1-3-10(8)11;/h1-4,6-7,9H,5,12H2;1H/t9-;/m0./s1. The molecule has 1 heterocycles. The number of carbonyl (C=O) groups is 1. The summed E-state index contributed by atoms with van der Waals surface area (Å²) in [5.74, 6) is 0. The molecule has 3 heteroatoms. The van der Waals surface area contributed by atoms with E-state index in [1.165, 1.54) is 15.6 Å². The monoisotopic (exact) mass is 207 g/mol. The largest absolute Gasteiger partial charge is 0.321 e. The summed E-state index contributed by atoms with van der Waals surface area (Å²) >= 11 is 1.69. The van der Waals surface area contributed by atoms with Gasteiger partial charge >= 0.3 is 0 Å². The Balaban J connectivity index is 0.00000112. The highest BCUT2D eigenvalue weighted by molar-refractivity contribution is 7.17. The molecule has 0 aliphatic rings. The fourth-order valence-corrected chi connectivity index (χ4v) is 2.47. The minimum atomic E-state index is -0.381. The van der Waals surface area contributed by atoms with Crippen LogP contribution in [0.2, 0.25) is 0 Å². The topological polar surface area (TPSA) is 43.1 Å². The lowest BCUT2D eigenvalue weighted by Crippen LogP contribution is -2.23. The molecule has 2 N–H and O–H groups in total. The summed E-state index contributed by atoms with van der Waals surface area (Å²) in [5.41, 5.74) is 6.76. The maximum absolute atomic E-state index is 10.4. The minimum Gasteiger partial charge on any atom is -0.321 e. The molecule has 14 heavy (non-hydrogen) atoms. The van der Waals surface area contributed by atoms with Crippen molar-refractivity contribution >= 4 is 27.7 Å². The Hall–Kier alpha value is -1.19. The lowest BCUT2D eigenvalue weighted by Gasteiger charge is -2.01. The quantitative estimate of drug-likeness (QED) is 0.784. The van der Waals surface area contributed by atoms with Crippen molar-refractivity contribution in [1.82, 2.24) is 0 Å². The van der Waals surface area contributed by atoms with Crippen LogP contribution in [0, 0.1) is 0 Å². The van der Waals surface area contributed by atoms with Crippen molar-refractivity contribution in [3.05, 3.63) is 35.2 Å². The average Bonchev–Trinajstić information content (AvgIpc) is 2.62. The molecule has 0 aliphatic carbocycles. The molecule has 0 unspecified atom stereocenters. The number of thiophene rings is 1. The zero-order valence-corrected chi connectivity index (χ0v) is 8.46. The fourth-order valence-electron chi connectivity index (χ4n) is 1.49. The Kier molecular flexibility index (Phi) is 2.61. The predicted molar refractivity (Wildman–Crippen MR) is 61.7 cm³/mol. The summed E-state index contributed by atoms with van der Waals surface area (Å²) in [6.07, 6.45) is 1.43. The van der Waals surface area contributed by atoms with E-state index >= 15 is 0 Å². The first-order valence-electron chi connectivity index (χ1n) is 4.47. The van der Waals surface area contributed by atoms with Crippen LogP contribution in [-0.4, -0.2) is 12.3 Å². The molecule has 0 aliphatic heterocycles. The second-order valence-corrected chi connectivity index (χ2v) is 4.17. The normalized spacial score (nSPS) is 12.9. The van der Waals surface area contributed by atoms with Crippen LogP contribution in [-0.2, 0) is 11.2 Å². The van der Waals surface area contributed by atoms with Crippen LogP contribution in [0.25, 0.3) is 10.1 Å². The van der Waals surface area contributed by atoms with Gasteiger partial charge in [-0.2, -0.15) is 0 Å². The SMILES string of the molecule is N[C@H](C=O)Cc1csc2ccccc12.[HH]. The molecule has 0 saturated heterocycles. The van der Waals surface area contributed by atoms with Crippen molar-refractivity contribution in [3.63, 3.8) is 0 Å². The van der Waals surface area contributed by atoms with Crippen molar-refractivity contribution in [2.45, 2.75) is 12.5 Å². The molecule has 1 aromatic heterocycles. The fraction of sp³-hybridized carbons (Fsp3) is 0.182. The zero-order valence-electron chi connectivity index (χ0n) is 7.64. The van der Waals surface area contributed by atoms with E-state index in [0.29, 0.717) is 6.42 Å². The third-order valence-corrected chi connectivity index (χ3v) is 3.20. The van der Waals surface area contributed by atoms with Gasteiger partial charge in [0.1, 0.15) is 6.29 Å². The maximum Gasteiger partial charge on any atom is 0.137 e. The highest BCUT2D eigenvalue weighted by atomic mass is 32.1. The van der Waals surface area contributed by atoms with Gasteiger partial charge in [-0.3, -0.25) is 0 Å². The van der Waals surface area contributed by atoms with Gasteiger partial charge in [-0.15, -0.1) is 11.3 Å². The zero-order chi connectivity index (χ0) is 9.97. The molecule has 0 amide bonds. The molecular weight excluding hydrogens is 194 g/mol. The first-order valence-corrected chi connectivity index (χ1v) is 5.35. The van der Waals surface area contributed by atoms with E-state index in [1.807, 2.05) is 12.1 Å². The summed E-state index contributed by atoms with van der Waals surface area (Å²) in [5, 5.41) is 3.29. The van der Waals surface area contributed by atoms with Crippen LogP contribution in [0.3, 0.4) is 0 Å². The summed E-state index contributed by atoms with van der Waals surface area (Å²) in [6.45, 7) is 0. The van der Waals surface area contributed by atoms with Crippen LogP contribution >= 0.6 is 11.3 Å². The molecular formula is C11H13NOS. The minimum absolute atomic E-state index is 0. The Morgan fingerprint density at radius 1 is 1.50 bits per heavy atom. The number of hydrogen-bond donors (Lipinski definition) is 1. The van der Waals surface area contributed by atoms with Gasteiger partial charge in [-0.1, -0.05) is 18.2 Å². The van der Waals surface area contributed by atoms with E-state index in [9.17, 15) is 4.79 Å². The number of hydrogen-bond acceptors (Lipinski definition) is 3. The molecule has 2 aromatic rings. The van der Waals surface area contributed by atoms with Gasteiger partial charge in [-0.05, 0) is 28.8 Å². The molecule has 1 aromatic carbocycles. The van der Waals surface area contributed by atoms with E-state index in [-0.39, 0.29) is 7.47 Å². The summed E-state index contributed by atoms with van der Waals surface area (Å²) in [7, 11) is 0. The van der Waals surface area contributed by atoms with Gasteiger partial charge in [0.05, 0.1) is 6.04 Å². The number of carbonyl (C=O) groups excluding carboxylic acids is 1. The van der Waals surface area contributed by atoms with Crippen LogP contribution < -0.4 is 5.73 Å². The van der Waals surface area contributed by atoms with Crippen molar-refractivity contribution in [2.24, 2.45) is 5.73 Å². The molecule has 0 bridgehead atoms. The number of fused-ring (bicyclic) bond motifs is 1.